The number of halogens is 1. The number of rotatable bonds is 5. The topological polar surface area (TPSA) is 77.9 Å². The number of carboxylic acids is 1. The summed E-state index contributed by atoms with van der Waals surface area (Å²) in [4.78, 5) is 38.7. The standard InChI is InChI=1S/C19H25FN2O4/c1-13(15-5-3-6-16(20)11-15)19(26)21-9-4-7-17(8-10-21)22(14(2)23)12-18(24)25/h3,5-6,11,13,17H,4,7-10,12H2,1-2H3,(H,24,25)/t13-,17-/m0/s1. The SMILES string of the molecule is CC(=O)N(CC(=O)O)[C@H]1CCCN(C(=O)[C@@H](C)c2cccc(F)c2)CC1. The second-order valence-corrected chi connectivity index (χ2v) is 6.73. The summed E-state index contributed by atoms with van der Waals surface area (Å²) in [6, 6.07) is 5.84. The highest BCUT2D eigenvalue weighted by Gasteiger charge is 2.29. The third kappa shape index (κ3) is 5.03. The zero-order chi connectivity index (χ0) is 19.3. The zero-order valence-corrected chi connectivity index (χ0v) is 15.2. The van der Waals surface area contributed by atoms with Crippen LogP contribution in [0, 0.1) is 5.82 Å². The van der Waals surface area contributed by atoms with Crippen LogP contribution in [0.4, 0.5) is 4.39 Å². The van der Waals surface area contributed by atoms with Crippen LogP contribution in [0.3, 0.4) is 0 Å². The van der Waals surface area contributed by atoms with Crippen molar-refractivity contribution in [3.05, 3.63) is 35.6 Å². The lowest BCUT2D eigenvalue weighted by Gasteiger charge is -2.29. The Balaban J connectivity index is 2.04. The fourth-order valence-electron chi connectivity index (χ4n) is 3.45. The summed E-state index contributed by atoms with van der Waals surface area (Å²) in [5.41, 5.74) is 0.632. The van der Waals surface area contributed by atoms with Crippen molar-refractivity contribution in [2.75, 3.05) is 19.6 Å². The molecule has 7 heteroatoms. The molecule has 6 nitrogen and oxygen atoms in total. The quantitative estimate of drug-likeness (QED) is 0.869. The van der Waals surface area contributed by atoms with Crippen LogP contribution in [0.25, 0.3) is 0 Å². The molecule has 2 amide bonds. The largest absolute Gasteiger partial charge is 0.480 e. The maximum Gasteiger partial charge on any atom is 0.323 e. The summed E-state index contributed by atoms with van der Waals surface area (Å²) in [7, 11) is 0. The molecule has 2 atom stereocenters. The normalized spacial score (nSPS) is 18.7. The molecular formula is C19H25FN2O4. The van der Waals surface area contributed by atoms with E-state index < -0.39 is 11.9 Å². The van der Waals surface area contributed by atoms with Crippen LogP contribution in [0.15, 0.2) is 24.3 Å². The first-order valence-electron chi connectivity index (χ1n) is 8.83. The van der Waals surface area contributed by atoms with Gasteiger partial charge in [-0.25, -0.2) is 4.39 Å². The molecule has 0 saturated carbocycles. The van der Waals surface area contributed by atoms with Crippen molar-refractivity contribution in [3.8, 4) is 0 Å². The Labute approximate surface area is 152 Å². The molecule has 1 heterocycles. The van der Waals surface area contributed by atoms with Crippen molar-refractivity contribution in [2.24, 2.45) is 0 Å². The monoisotopic (exact) mass is 364 g/mol. The fourth-order valence-corrected chi connectivity index (χ4v) is 3.45. The molecule has 0 aromatic heterocycles. The van der Waals surface area contributed by atoms with Gasteiger partial charge in [0.1, 0.15) is 12.4 Å². The smallest absolute Gasteiger partial charge is 0.323 e. The molecule has 1 fully saturated rings. The van der Waals surface area contributed by atoms with E-state index in [9.17, 15) is 18.8 Å². The zero-order valence-electron chi connectivity index (χ0n) is 15.2. The molecule has 0 unspecified atom stereocenters. The summed E-state index contributed by atoms with van der Waals surface area (Å²) in [5.74, 6) is -2.22. The van der Waals surface area contributed by atoms with E-state index in [-0.39, 0.29) is 30.2 Å². The van der Waals surface area contributed by atoms with Gasteiger partial charge in [0.2, 0.25) is 11.8 Å². The molecule has 1 N–H and O–H groups in total. The van der Waals surface area contributed by atoms with Gasteiger partial charge in [0.05, 0.1) is 5.92 Å². The summed E-state index contributed by atoms with van der Waals surface area (Å²) in [5, 5.41) is 9.01. The minimum atomic E-state index is -1.04. The molecule has 0 bridgehead atoms. The van der Waals surface area contributed by atoms with Gasteiger partial charge in [-0.2, -0.15) is 0 Å². The molecule has 0 spiro atoms. The van der Waals surface area contributed by atoms with E-state index >= 15 is 0 Å². The van der Waals surface area contributed by atoms with Crippen molar-refractivity contribution in [3.63, 3.8) is 0 Å². The predicted octanol–water partition coefficient (Wildman–Crippen LogP) is 2.24. The molecule has 0 aliphatic carbocycles. The first-order chi connectivity index (χ1) is 12.3. The molecule has 142 valence electrons. The number of benzene rings is 1. The lowest BCUT2D eigenvalue weighted by molar-refractivity contribution is -0.145. The molecule has 1 aromatic carbocycles. The van der Waals surface area contributed by atoms with Crippen LogP contribution in [0.1, 0.15) is 44.6 Å². The van der Waals surface area contributed by atoms with Crippen LogP contribution < -0.4 is 0 Å². The average molecular weight is 364 g/mol. The molecule has 1 saturated heterocycles. The Hall–Kier alpha value is -2.44. The van der Waals surface area contributed by atoms with Crippen molar-refractivity contribution < 1.29 is 23.9 Å². The van der Waals surface area contributed by atoms with Gasteiger partial charge in [-0.1, -0.05) is 12.1 Å². The number of hydrogen-bond acceptors (Lipinski definition) is 3. The average Bonchev–Trinajstić information content (AvgIpc) is 2.84. The number of carbonyl (C=O) groups excluding carboxylic acids is 2. The Morgan fingerprint density at radius 2 is 2.04 bits per heavy atom. The third-order valence-corrected chi connectivity index (χ3v) is 4.88. The number of aliphatic carboxylic acids is 1. The van der Waals surface area contributed by atoms with E-state index in [4.69, 9.17) is 5.11 Å². The highest BCUT2D eigenvalue weighted by Crippen LogP contribution is 2.23. The minimum absolute atomic E-state index is 0.0798. The van der Waals surface area contributed by atoms with E-state index in [0.29, 0.717) is 37.9 Å². The van der Waals surface area contributed by atoms with E-state index in [1.807, 2.05) is 0 Å². The molecule has 1 aliphatic rings. The summed E-state index contributed by atoms with van der Waals surface area (Å²) < 4.78 is 13.4. The van der Waals surface area contributed by atoms with Crippen LogP contribution in [0.2, 0.25) is 0 Å². The maximum atomic E-state index is 13.4. The summed E-state index contributed by atoms with van der Waals surface area (Å²) in [6.07, 6.45) is 1.88. The summed E-state index contributed by atoms with van der Waals surface area (Å²) in [6.45, 7) is 3.79. The van der Waals surface area contributed by atoms with Gasteiger partial charge in [0.15, 0.2) is 0 Å². The highest BCUT2D eigenvalue weighted by molar-refractivity contribution is 5.83. The third-order valence-electron chi connectivity index (χ3n) is 4.88. The number of nitrogens with zero attached hydrogens (tertiary/aromatic N) is 2. The summed E-state index contributed by atoms with van der Waals surface area (Å²) >= 11 is 0. The van der Waals surface area contributed by atoms with Crippen molar-refractivity contribution in [1.82, 2.24) is 9.80 Å². The molecule has 1 aromatic rings. The van der Waals surface area contributed by atoms with Crippen molar-refractivity contribution >= 4 is 17.8 Å². The van der Waals surface area contributed by atoms with Gasteiger partial charge in [-0.3, -0.25) is 14.4 Å². The highest BCUT2D eigenvalue weighted by atomic mass is 19.1. The van der Waals surface area contributed by atoms with Crippen LogP contribution >= 0.6 is 0 Å². The Kier molecular flexibility index (Phi) is 6.71. The van der Waals surface area contributed by atoms with Gasteiger partial charge in [0, 0.05) is 26.1 Å². The lowest BCUT2D eigenvalue weighted by atomic mass is 9.99. The number of carboxylic acid groups (broad SMARTS) is 1. The predicted molar refractivity (Wildman–Crippen MR) is 94.1 cm³/mol. The number of hydrogen-bond donors (Lipinski definition) is 1. The first-order valence-corrected chi connectivity index (χ1v) is 8.83. The van der Waals surface area contributed by atoms with Gasteiger partial charge in [-0.05, 0) is 43.9 Å². The number of amides is 2. The van der Waals surface area contributed by atoms with Crippen molar-refractivity contribution in [2.45, 2.75) is 45.1 Å². The molecule has 2 rings (SSSR count). The molecular weight excluding hydrogens is 339 g/mol. The number of carbonyl (C=O) groups is 3. The van der Waals surface area contributed by atoms with E-state index in [2.05, 4.69) is 0 Å². The van der Waals surface area contributed by atoms with Gasteiger partial charge in [-0.15, -0.1) is 0 Å². The first kappa shape index (κ1) is 19.9. The van der Waals surface area contributed by atoms with E-state index in [1.165, 1.54) is 24.0 Å². The van der Waals surface area contributed by atoms with Gasteiger partial charge < -0.3 is 14.9 Å². The second kappa shape index (κ2) is 8.78. The molecule has 1 aliphatic heterocycles. The minimum Gasteiger partial charge on any atom is -0.480 e. The second-order valence-electron chi connectivity index (χ2n) is 6.73. The molecule has 0 radical (unpaired) electrons. The maximum absolute atomic E-state index is 13.4. The van der Waals surface area contributed by atoms with E-state index in [1.54, 1.807) is 24.0 Å². The Bertz CT molecular complexity index is 679. The Morgan fingerprint density at radius 3 is 2.65 bits per heavy atom. The lowest BCUT2D eigenvalue weighted by Crippen LogP contribution is -2.43. The van der Waals surface area contributed by atoms with E-state index in [0.717, 1.165) is 0 Å². The molecule has 26 heavy (non-hydrogen) atoms. The van der Waals surface area contributed by atoms with Crippen LogP contribution in [0.5, 0.6) is 0 Å². The van der Waals surface area contributed by atoms with Crippen LogP contribution in [-0.4, -0.2) is 58.4 Å². The van der Waals surface area contributed by atoms with Gasteiger partial charge in [0.25, 0.3) is 0 Å². The van der Waals surface area contributed by atoms with Crippen LogP contribution in [-0.2, 0) is 14.4 Å². The number of likely N-dealkylation sites (tertiary alicyclic amines) is 1. The van der Waals surface area contributed by atoms with Gasteiger partial charge >= 0.3 is 5.97 Å². The fraction of sp³-hybridized carbons (Fsp3) is 0.526. The Morgan fingerprint density at radius 1 is 1.31 bits per heavy atom. The van der Waals surface area contributed by atoms with Crippen molar-refractivity contribution in [1.29, 1.82) is 0 Å².